The van der Waals surface area contributed by atoms with Crippen molar-refractivity contribution in [1.82, 2.24) is 5.32 Å². The molecule has 480 valence electrons. The topological polar surface area (TPSA) is 108 Å². The number of hydrogen-bond acceptors (Lipinski definition) is 6. The number of phosphoric acid groups is 1. The fraction of sp³-hybridized carbons (Fsp3) is 0.743. The number of rotatable bonds is 63. The van der Waals surface area contributed by atoms with Gasteiger partial charge in [0.25, 0.3) is 7.82 Å². The van der Waals surface area contributed by atoms with Gasteiger partial charge in [-0.05, 0) is 83.5 Å². The number of unbranched alkanes of at least 4 members (excludes halogenated alkanes) is 32. The Balaban J connectivity index is 4.03. The molecule has 0 aromatic heterocycles. The molecule has 9 heteroatoms. The van der Waals surface area contributed by atoms with Crippen LogP contribution in [0.15, 0.2) is 109 Å². The van der Waals surface area contributed by atoms with E-state index >= 15 is 0 Å². The van der Waals surface area contributed by atoms with E-state index < -0.39 is 20.0 Å². The van der Waals surface area contributed by atoms with Gasteiger partial charge in [-0.1, -0.05) is 322 Å². The maximum absolute atomic E-state index is 13.0. The summed E-state index contributed by atoms with van der Waals surface area (Å²) in [6, 6.07) is -0.808. The average Bonchev–Trinajstić information content (AvgIpc) is 3.49. The second-order valence-electron chi connectivity index (χ2n) is 24.5. The van der Waals surface area contributed by atoms with Crippen molar-refractivity contribution >= 4 is 13.7 Å². The minimum atomic E-state index is -4.58. The minimum absolute atomic E-state index is 0.00911. The van der Waals surface area contributed by atoms with Crippen LogP contribution in [0.1, 0.15) is 303 Å². The normalized spacial score (nSPS) is 14.3. The number of carbonyl (C=O) groups is 1. The van der Waals surface area contributed by atoms with Crippen molar-refractivity contribution in [3.63, 3.8) is 0 Å². The quantitative estimate of drug-likeness (QED) is 0.0272. The lowest BCUT2D eigenvalue weighted by molar-refractivity contribution is -0.870. The average molecular weight is 1180 g/mol. The largest absolute Gasteiger partial charge is 0.756 e. The molecule has 0 heterocycles. The van der Waals surface area contributed by atoms with Gasteiger partial charge in [0.2, 0.25) is 5.91 Å². The van der Waals surface area contributed by atoms with Gasteiger partial charge in [-0.2, -0.15) is 0 Å². The molecule has 83 heavy (non-hydrogen) atoms. The Morgan fingerprint density at radius 3 is 1.07 bits per heavy atom. The molecule has 2 N–H and O–H groups in total. The van der Waals surface area contributed by atoms with Gasteiger partial charge in [0.15, 0.2) is 0 Å². The number of quaternary nitrogens is 1. The van der Waals surface area contributed by atoms with Gasteiger partial charge in [0, 0.05) is 6.42 Å². The van der Waals surface area contributed by atoms with E-state index in [0.717, 1.165) is 96.3 Å². The summed E-state index contributed by atoms with van der Waals surface area (Å²) in [5.74, 6) is -0.166. The van der Waals surface area contributed by atoms with Crippen molar-refractivity contribution in [2.24, 2.45) is 0 Å². The highest BCUT2D eigenvalue weighted by molar-refractivity contribution is 7.45. The lowest BCUT2D eigenvalue weighted by atomic mass is 10.0. The molecular formula is C74H133N2O6P. The van der Waals surface area contributed by atoms with Crippen LogP contribution in [0.3, 0.4) is 0 Å². The highest BCUT2D eigenvalue weighted by Crippen LogP contribution is 2.38. The number of nitrogens with one attached hydrogen (secondary N) is 1. The first-order valence-corrected chi connectivity index (χ1v) is 36.2. The summed E-state index contributed by atoms with van der Waals surface area (Å²) < 4.78 is 23.5. The van der Waals surface area contributed by atoms with E-state index in [2.05, 4.69) is 129 Å². The SMILES string of the molecule is CC/C=C\C/C=C\C/C=C\C/C=C\C/C=C\C/C=C\C/C=C\C/C=C\C/C=C\CCCCCCCCCCCCCCCC(=O)NC(COP(=O)([O-])OCC[N+](C)(C)C)C(O)CCCCCCCCCCCCCCCCCCCCCC. The monoisotopic (exact) mass is 1180 g/mol. The molecule has 0 aromatic carbocycles. The fourth-order valence-corrected chi connectivity index (χ4v) is 10.6. The van der Waals surface area contributed by atoms with Crippen molar-refractivity contribution in [3.05, 3.63) is 109 Å². The third-order valence-electron chi connectivity index (χ3n) is 15.3. The van der Waals surface area contributed by atoms with Gasteiger partial charge in [-0.3, -0.25) is 9.36 Å². The minimum Gasteiger partial charge on any atom is -0.756 e. The van der Waals surface area contributed by atoms with Crippen LogP contribution in [0.4, 0.5) is 0 Å². The van der Waals surface area contributed by atoms with Gasteiger partial charge < -0.3 is 28.8 Å². The Labute approximate surface area is 514 Å². The van der Waals surface area contributed by atoms with Crippen molar-refractivity contribution < 1.29 is 32.9 Å². The van der Waals surface area contributed by atoms with Crippen LogP contribution in [0.25, 0.3) is 0 Å². The summed E-state index contributed by atoms with van der Waals surface area (Å²) >= 11 is 0. The maximum atomic E-state index is 13.0. The number of likely N-dealkylation sites (N-methyl/N-ethyl adjacent to an activating group) is 1. The first kappa shape index (κ1) is 80.2. The summed E-state index contributed by atoms with van der Waals surface area (Å²) in [4.78, 5) is 25.6. The Bertz CT molecular complexity index is 1720. The molecule has 0 aliphatic carbocycles. The van der Waals surface area contributed by atoms with E-state index in [1.807, 2.05) is 21.1 Å². The standard InChI is InChI=1S/C74H133N2O6P/c1-6-8-10-12-14-16-18-20-22-24-26-28-29-30-31-32-33-34-35-36-37-38-39-40-41-42-43-44-45-46-47-48-50-52-54-56-58-60-62-64-66-68-74(78)75-72(71-82-83(79,80)81-70-69-76(3,4)5)73(77)67-65-63-61-59-57-55-53-51-49-27-25-23-21-19-17-15-13-11-9-7-2/h8,10,14,16,20,22,26,28,30-31,33-34,36-37,39-40,42-43,72-73,77H,6-7,9,11-13,15,17-19,21,23-25,27,29,32,35,38,41,44-71H2,1-5H3,(H-,75,78,79,80)/b10-8-,16-14-,22-20-,28-26-,31-30-,34-33-,37-36-,40-39-,43-42-. The number of amides is 1. The van der Waals surface area contributed by atoms with E-state index in [1.54, 1.807) is 0 Å². The second-order valence-corrected chi connectivity index (χ2v) is 25.9. The van der Waals surface area contributed by atoms with Gasteiger partial charge in [-0.25, -0.2) is 0 Å². The Kier molecular flexibility index (Phi) is 61.5. The van der Waals surface area contributed by atoms with Gasteiger partial charge in [-0.15, -0.1) is 0 Å². The zero-order chi connectivity index (χ0) is 60.5. The van der Waals surface area contributed by atoms with Crippen molar-refractivity contribution in [2.45, 2.75) is 315 Å². The molecule has 0 radical (unpaired) electrons. The molecular weight excluding hydrogens is 1040 g/mol. The zero-order valence-corrected chi connectivity index (χ0v) is 55.8. The smallest absolute Gasteiger partial charge is 0.268 e. The Morgan fingerprint density at radius 1 is 0.434 bits per heavy atom. The third kappa shape index (κ3) is 66.5. The summed E-state index contributed by atoms with van der Waals surface area (Å²) in [5.41, 5.74) is 0. The van der Waals surface area contributed by atoms with Crippen LogP contribution >= 0.6 is 7.82 Å². The summed E-state index contributed by atoms with van der Waals surface area (Å²) in [6.07, 6.45) is 92.9. The zero-order valence-electron chi connectivity index (χ0n) is 54.9. The molecule has 0 saturated heterocycles. The molecule has 0 aromatic rings. The van der Waals surface area contributed by atoms with Crippen LogP contribution in [-0.4, -0.2) is 68.5 Å². The van der Waals surface area contributed by atoms with Crippen LogP contribution in [0.2, 0.25) is 0 Å². The van der Waals surface area contributed by atoms with Crippen molar-refractivity contribution in [3.8, 4) is 0 Å². The second kappa shape index (κ2) is 63.7. The Morgan fingerprint density at radius 2 is 0.735 bits per heavy atom. The van der Waals surface area contributed by atoms with Crippen LogP contribution in [0, 0.1) is 0 Å². The molecule has 0 rings (SSSR count). The van der Waals surface area contributed by atoms with Crippen molar-refractivity contribution in [2.75, 3.05) is 40.9 Å². The first-order chi connectivity index (χ1) is 40.5. The lowest BCUT2D eigenvalue weighted by Crippen LogP contribution is -2.46. The first-order valence-electron chi connectivity index (χ1n) is 34.7. The molecule has 0 saturated carbocycles. The van der Waals surface area contributed by atoms with Gasteiger partial charge >= 0.3 is 0 Å². The van der Waals surface area contributed by atoms with Gasteiger partial charge in [0.1, 0.15) is 13.2 Å². The van der Waals surface area contributed by atoms with Crippen LogP contribution in [0.5, 0.6) is 0 Å². The molecule has 0 spiro atoms. The van der Waals surface area contributed by atoms with E-state index in [1.165, 1.54) is 180 Å². The molecule has 0 bridgehead atoms. The summed E-state index contributed by atoms with van der Waals surface area (Å²) in [6.45, 7) is 4.63. The molecule has 8 nitrogen and oxygen atoms in total. The van der Waals surface area contributed by atoms with Gasteiger partial charge in [0.05, 0.1) is 39.9 Å². The van der Waals surface area contributed by atoms with Crippen LogP contribution < -0.4 is 10.2 Å². The third-order valence-corrected chi connectivity index (χ3v) is 16.2. The number of carbonyl (C=O) groups excluding carboxylic acids is 1. The molecule has 0 aliphatic heterocycles. The number of hydrogen-bond donors (Lipinski definition) is 2. The number of aliphatic hydroxyl groups is 1. The number of phosphoric ester groups is 1. The highest BCUT2D eigenvalue weighted by Gasteiger charge is 2.24. The summed E-state index contributed by atoms with van der Waals surface area (Å²) in [5, 5.41) is 14.1. The van der Waals surface area contributed by atoms with E-state index in [9.17, 15) is 19.4 Å². The molecule has 3 unspecified atom stereocenters. The number of nitrogens with zero attached hydrogens (tertiary/aromatic N) is 1. The fourth-order valence-electron chi connectivity index (χ4n) is 9.92. The highest BCUT2D eigenvalue weighted by atomic mass is 31.2. The predicted octanol–water partition coefficient (Wildman–Crippen LogP) is 21.6. The van der Waals surface area contributed by atoms with E-state index in [-0.39, 0.29) is 19.1 Å². The predicted molar refractivity (Wildman–Crippen MR) is 362 cm³/mol. The molecule has 0 aliphatic rings. The van der Waals surface area contributed by atoms with Crippen molar-refractivity contribution in [1.29, 1.82) is 0 Å². The lowest BCUT2D eigenvalue weighted by Gasteiger charge is -2.30. The number of allylic oxidation sites excluding steroid dienone is 18. The van der Waals surface area contributed by atoms with E-state index in [4.69, 9.17) is 9.05 Å². The molecule has 3 atom stereocenters. The van der Waals surface area contributed by atoms with E-state index in [0.29, 0.717) is 23.9 Å². The maximum Gasteiger partial charge on any atom is 0.268 e. The Hall–Kier alpha value is -2.84. The molecule has 0 fully saturated rings. The number of aliphatic hydroxyl groups excluding tert-OH is 1. The summed E-state index contributed by atoms with van der Waals surface area (Å²) in [7, 11) is 1.30. The van der Waals surface area contributed by atoms with Crippen LogP contribution in [-0.2, 0) is 18.4 Å². The molecule has 1 amide bonds.